The maximum Gasteiger partial charge on any atom is 0.328 e. The van der Waals surface area contributed by atoms with Crippen molar-refractivity contribution in [2.45, 2.75) is 37.9 Å². The van der Waals surface area contributed by atoms with Gasteiger partial charge in [-0.3, -0.25) is 14.6 Å². The molecule has 0 spiro atoms. The van der Waals surface area contributed by atoms with Crippen LogP contribution in [0.1, 0.15) is 36.2 Å². The second kappa shape index (κ2) is 9.64. The van der Waals surface area contributed by atoms with Crippen LogP contribution in [0.15, 0.2) is 67.3 Å². The maximum atomic E-state index is 14.1. The molecule has 0 aliphatic carbocycles. The number of urea groups is 1. The smallest absolute Gasteiger partial charge is 0.328 e. The van der Waals surface area contributed by atoms with E-state index >= 15 is 0 Å². The van der Waals surface area contributed by atoms with Gasteiger partial charge in [0.15, 0.2) is 0 Å². The van der Waals surface area contributed by atoms with Crippen LogP contribution in [0.3, 0.4) is 0 Å². The van der Waals surface area contributed by atoms with Crippen molar-refractivity contribution in [3.63, 3.8) is 0 Å². The summed E-state index contributed by atoms with van der Waals surface area (Å²) < 4.78 is 12.9. The van der Waals surface area contributed by atoms with E-state index in [0.717, 1.165) is 33.5 Å². The lowest BCUT2D eigenvalue weighted by atomic mass is 9.78. The number of nitrogens with zero attached hydrogens (tertiary/aromatic N) is 4. The molecule has 1 fully saturated rings. The van der Waals surface area contributed by atoms with Crippen LogP contribution in [0.5, 0.6) is 5.75 Å². The molecule has 4 aromatic rings. The Kier molecular flexibility index (Phi) is 6.15. The molecule has 2 aliphatic heterocycles. The minimum absolute atomic E-state index is 0.140. The Balaban J connectivity index is 1.46. The summed E-state index contributed by atoms with van der Waals surface area (Å²) in [6, 6.07) is 15.3. The zero-order chi connectivity index (χ0) is 26.3. The number of ether oxygens (including phenoxy) is 2. The highest BCUT2D eigenvalue weighted by molar-refractivity contribution is 6.08. The summed E-state index contributed by atoms with van der Waals surface area (Å²) in [7, 11) is 1.65. The van der Waals surface area contributed by atoms with Gasteiger partial charge in [-0.05, 0) is 35.7 Å². The van der Waals surface area contributed by atoms with E-state index in [1.807, 2.05) is 71.1 Å². The number of benzene rings is 2. The van der Waals surface area contributed by atoms with Gasteiger partial charge in [0.1, 0.15) is 23.9 Å². The van der Waals surface area contributed by atoms with E-state index in [1.165, 1.54) is 4.90 Å². The molecule has 2 aliphatic rings. The quantitative estimate of drug-likeness (QED) is 0.268. The van der Waals surface area contributed by atoms with Gasteiger partial charge in [-0.15, -0.1) is 0 Å². The van der Waals surface area contributed by atoms with Crippen molar-refractivity contribution in [1.82, 2.24) is 24.3 Å². The second-order valence-electron chi connectivity index (χ2n) is 9.85. The van der Waals surface area contributed by atoms with E-state index < -0.39 is 11.6 Å². The topological polar surface area (TPSA) is 92.7 Å². The summed E-state index contributed by atoms with van der Waals surface area (Å²) in [5, 5.41) is 1.01. The van der Waals surface area contributed by atoms with E-state index in [9.17, 15) is 9.59 Å². The average molecular weight is 514 g/mol. The highest BCUT2D eigenvalue weighted by Crippen LogP contribution is 2.50. The summed E-state index contributed by atoms with van der Waals surface area (Å²) in [6.45, 7) is 3.74. The van der Waals surface area contributed by atoms with Crippen LogP contribution in [0.4, 0.5) is 4.79 Å². The first-order valence-electron chi connectivity index (χ1n) is 13.0. The minimum atomic E-state index is -0.971. The molecule has 1 saturated heterocycles. The highest BCUT2D eigenvalue weighted by Gasteiger charge is 2.61. The number of imidazole rings is 1. The number of methoxy groups -OCH3 is 1. The van der Waals surface area contributed by atoms with Crippen LogP contribution in [0, 0.1) is 0 Å². The number of carbonyl (C=O) groups is 2. The molecule has 0 radical (unpaired) electrons. The van der Waals surface area contributed by atoms with Gasteiger partial charge in [0.25, 0.3) is 5.91 Å². The number of H-pyrrole nitrogens is 1. The predicted molar refractivity (Wildman–Crippen MR) is 142 cm³/mol. The van der Waals surface area contributed by atoms with Crippen LogP contribution < -0.4 is 4.74 Å². The van der Waals surface area contributed by atoms with Crippen molar-refractivity contribution >= 4 is 22.8 Å². The molecule has 4 heterocycles. The standard InChI is InChI=1S/C29H31N5O4/c1-3-29-18-23-22-17-21(38-16-15-37-2)9-10-24(22)31-25(23)26(20-7-5-4-6-8-20)34(29)28(36)33(27(29)35)14-13-32-12-11-30-19-32/h4-12,17,19,26,31H,3,13-16,18H2,1-2H3. The van der Waals surface area contributed by atoms with Gasteiger partial charge in [-0.25, -0.2) is 9.78 Å². The van der Waals surface area contributed by atoms with Crippen LogP contribution in [-0.2, 0) is 22.5 Å². The maximum absolute atomic E-state index is 14.1. The molecule has 38 heavy (non-hydrogen) atoms. The first-order chi connectivity index (χ1) is 18.6. The van der Waals surface area contributed by atoms with Crippen LogP contribution in [0.25, 0.3) is 10.9 Å². The first-order valence-corrected chi connectivity index (χ1v) is 13.0. The SMILES string of the molecule is CCC12Cc3c([nH]c4ccc(OCCOC)cc34)C(c3ccccc3)N1C(=O)N(CCn1ccnc1)C2=O. The molecule has 0 bridgehead atoms. The van der Waals surface area contributed by atoms with Gasteiger partial charge in [0.2, 0.25) is 0 Å². The Bertz CT molecular complexity index is 1470. The lowest BCUT2D eigenvalue weighted by Gasteiger charge is -2.44. The molecule has 1 N–H and O–H groups in total. The van der Waals surface area contributed by atoms with Gasteiger partial charge >= 0.3 is 6.03 Å². The fourth-order valence-electron chi connectivity index (χ4n) is 5.93. The largest absolute Gasteiger partial charge is 0.491 e. The fraction of sp³-hybridized carbons (Fsp3) is 0.345. The Labute approximate surface area is 221 Å². The molecule has 2 aromatic carbocycles. The zero-order valence-corrected chi connectivity index (χ0v) is 21.6. The van der Waals surface area contributed by atoms with E-state index in [4.69, 9.17) is 9.47 Å². The Morgan fingerprint density at radius 1 is 1.11 bits per heavy atom. The highest BCUT2D eigenvalue weighted by atomic mass is 16.5. The van der Waals surface area contributed by atoms with E-state index in [1.54, 1.807) is 19.6 Å². The predicted octanol–water partition coefficient (Wildman–Crippen LogP) is 4.15. The number of aromatic nitrogens is 3. The summed E-state index contributed by atoms with van der Waals surface area (Å²) in [4.78, 5) is 39.1. The molecule has 3 amide bonds. The second-order valence-corrected chi connectivity index (χ2v) is 9.85. The van der Waals surface area contributed by atoms with Crippen molar-refractivity contribution < 1.29 is 19.1 Å². The molecule has 196 valence electrons. The molecule has 9 heteroatoms. The fourth-order valence-corrected chi connectivity index (χ4v) is 5.93. The van der Waals surface area contributed by atoms with E-state index in [2.05, 4.69) is 9.97 Å². The van der Waals surface area contributed by atoms with Crippen molar-refractivity contribution in [3.05, 3.63) is 84.1 Å². The lowest BCUT2D eigenvalue weighted by Crippen LogP contribution is -2.55. The van der Waals surface area contributed by atoms with Crippen molar-refractivity contribution in [1.29, 1.82) is 0 Å². The molecular formula is C29H31N5O4. The molecule has 9 nitrogen and oxygen atoms in total. The van der Waals surface area contributed by atoms with Crippen molar-refractivity contribution in [2.75, 3.05) is 26.9 Å². The van der Waals surface area contributed by atoms with Crippen LogP contribution in [-0.4, -0.2) is 68.7 Å². The number of hydrogen-bond acceptors (Lipinski definition) is 5. The number of hydrogen-bond donors (Lipinski definition) is 1. The zero-order valence-electron chi connectivity index (χ0n) is 21.6. The number of rotatable bonds is 9. The average Bonchev–Trinajstić information content (AvgIpc) is 3.64. The van der Waals surface area contributed by atoms with Gasteiger partial charge in [-0.2, -0.15) is 0 Å². The lowest BCUT2D eigenvalue weighted by molar-refractivity contribution is -0.134. The third kappa shape index (κ3) is 3.77. The molecule has 2 atom stereocenters. The summed E-state index contributed by atoms with van der Waals surface area (Å²) >= 11 is 0. The summed E-state index contributed by atoms with van der Waals surface area (Å²) in [5.74, 6) is 0.606. The molecular weight excluding hydrogens is 482 g/mol. The first kappa shape index (κ1) is 24.2. The number of aromatic amines is 1. The van der Waals surface area contributed by atoms with Crippen LogP contribution >= 0.6 is 0 Å². The molecule has 2 aromatic heterocycles. The minimum Gasteiger partial charge on any atom is -0.491 e. The van der Waals surface area contributed by atoms with Gasteiger partial charge in [0.05, 0.1) is 12.9 Å². The Morgan fingerprint density at radius 2 is 1.95 bits per heavy atom. The van der Waals surface area contributed by atoms with E-state index in [0.29, 0.717) is 39.1 Å². The van der Waals surface area contributed by atoms with Crippen molar-refractivity contribution in [2.24, 2.45) is 0 Å². The monoisotopic (exact) mass is 513 g/mol. The normalized spacial score (nSPS) is 20.7. The number of amides is 3. The van der Waals surface area contributed by atoms with E-state index in [-0.39, 0.29) is 11.9 Å². The summed E-state index contributed by atoms with van der Waals surface area (Å²) in [5.41, 5.74) is 2.96. The number of fused-ring (bicyclic) bond motifs is 4. The third-order valence-corrected chi connectivity index (χ3v) is 7.85. The number of carbonyl (C=O) groups excluding carboxylic acids is 2. The van der Waals surface area contributed by atoms with Crippen molar-refractivity contribution in [3.8, 4) is 5.75 Å². The van der Waals surface area contributed by atoms with Gasteiger partial charge < -0.3 is 19.0 Å². The van der Waals surface area contributed by atoms with Gasteiger partial charge in [-0.1, -0.05) is 37.3 Å². The Hall–Kier alpha value is -4.11. The number of imide groups is 1. The summed E-state index contributed by atoms with van der Waals surface area (Å²) in [6.07, 6.45) is 6.18. The molecule has 6 rings (SSSR count). The van der Waals surface area contributed by atoms with Crippen LogP contribution in [0.2, 0.25) is 0 Å². The molecule has 0 saturated carbocycles. The Morgan fingerprint density at radius 3 is 2.68 bits per heavy atom. The number of nitrogens with one attached hydrogen (secondary N) is 1. The molecule has 2 unspecified atom stereocenters. The van der Waals surface area contributed by atoms with Gasteiger partial charge in [0, 0.05) is 55.6 Å². The third-order valence-electron chi connectivity index (χ3n) is 7.85.